The van der Waals surface area contributed by atoms with Gasteiger partial charge >= 0.3 is 0 Å². The molecule has 3 heteroatoms. The standard InChI is InChI=1S/C10H18O3/c11-8-9(2-1-3-9)10(12)4-6-13-7-5-10/h11-12H,1-8H2. The summed E-state index contributed by atoms with van der Waals surface area (Å²) in [6, 6.07) is 0. The SMILES string of the molecule is OCC1(C2(O)CCOCC2)CCC1. The van der Waals surface area contributed by atoms with Crippen LogP contribution in [0.2, 0.25) is 0 Å². The minimum Gasteiger partial charge on any atom is -0.396 e. The topological polar surface area (TPSA) is 49.7 Å². The third-order valence-electron chi connectivity index (χ3n) is 3.92. The third kappa shape index (κ3) is 1.30. The van der Waals surface area contributed by atoms with Crippen molar-refractivity contribution < 1.29 is 14.9 Å². The quantitative estimate of drug-likeness (QED) is 0.667. The van der Waals surface area contributed by atoms with Crippen LogP contribution in [0.5, 0.6) is 0 Å². The summed E-state index contributed by atoms with van der Waals surface area (Å²) in [6.07, 6.45) is 4.46. The molecule has 0 atom stereocenters. The lowest BCUT2D eigenvalue weighted by molar-refractivity contribution is -0.189. The second-order valence-corrected chi connectivity index (χ2v) is 4.44. The smallest absolute Gasteiger partial charge is 0.0769 e. The Morgan fingerprint density at radius 3 is 2.08 bits per heavy atom. The number of aliphatic hydroxyl groups excluding tert-OH is 1. The van der Waals surface area contributed by atoms with Gasteiger partial charge in [0.15, 0.2) is 0 Å². The molecule has 1 saturated carbocycles. The van der Waals surface area contributed by atoms with Crippen LogP contribution in [0.3, 0.4) is 0 Å². The summed E-state index contributed by atoms with van der Waals surface area (Å²) in [7, 11) is 0. The maximum atomic E-state index is 10.4. The van der Waals surface area contributed by atoms with Gasteiger partial charge in [-0.05, 0) is 12.8 Å². The average Bonchev–Trinajstić information content (AvgIpc) is 2.04. The van der Waals surface area contributed by atoms with Gasteiger partial charge in [0.1, 0.15) is 0 Å². The maximum absolute atomic E-state index is 10.4. The molecular weight excluding hydrogens is 168 g/mol. The number of hydrogen-bond donors (Lipinski definition) is 2. The fourth-order valence-electron chi connectivity index (χ4n) is 2.61. The van der Waals surface area contributed by atoms with E-state index in [2.05, 4.69) is 0 Å². The molecule has 1 aliphatic heterocycles. The van der Waals surface area contributed by atoms with Gasteiger partial charge in [-0.3, -0.25) is 0 Å². The van der Waals surface area contributed by atoms with Crippen LogP contribution >= 0.6 is 0 Å². The zero-order chi connectivity index (χ0) is 9.36. The zero-order valence-corrected chi connectivity index (χ0v) is 7.96. The number of ether oxygens (including phenoxy) is 1. The van der Waals surface area contributed by atoms with E-state index in [1.165, 1.54) is 0 Å². The molecule has 3 nitrogen and oxygen atoms in total. The first kappa shape index (κ1) is 9.44. The van der Waals surface area contributed by atoms with E-state index in [1.807, 2.05) is 0 Å². The van der Waals surface area contributed by atoms with E-state index in [0.717, 1.165) is 19.3 Å². The monoisotopic (exact) mass is 186 g/mol. The summed E-state index contributed by atoms with van der Waals surface area (Å²) in [5.74, 6) is 0. The van der Waals surface area contributed by atoms with Crippen LogP contribution < -0.4 is 0 Å². The second kappa shape index (κ2) is 3.23. The Morgan fingerprint density at radius 1 is 1.08 bits per heavy atom. The highest BCUT2D eigenvalue weighted by Gasteiger charge is 2.53. The summed E-state index contributed by atoms with van der Waals surface area (Å²) in [4.78, 5) is 0. The molecule has 0 spiro atoms. The van der Waals surface area contributed by atoms with Gasteiger partial charge in [0.2, 0.25) is 0 Å². The Kier molecular flexibility index (Phi) is 2.34. The summed E-state index contributed by atoms with van der Waals surface area (Å²) in [6.45, 7) is 1.40. The fraction of sp³-hybridized carbons (Fsp3) is 1.00. The van der Waals surface area contributed by atoms with Gasteiger partial charge in [-0.15, -0.1) is 0 Å². The second-order valence-electron chi connectivity index (χ2n) is 4.44. The van der Waals surface area contributed by atoms with Crippen molar-refractivity contribution in [1.82, 2.24) is 0 Å². The van der Waals surface area contributed by atoms with E-state index in [-0.39, 0.29) is 12.0 Å². The molecule has 0 amide bonds. The van der Waals surface area contributed by atoms with Crippen LogP contribution in [0.25, 0.3) is 0 Å². The van der Waals surface area contributed by atoms with Crippen molar-refractivity contribution in [2.75, 3.05) is 19.8 Å². The lowest BCUT2D eigenvalue weighted by atomic mass is 9.57. The van der Waals surface area contributed by atoms with Crippen LogP contribution in [0.1, 0.15) is 32.1 Å². The Bertz CT molecular complexity index is 175. The molecule has 1 aliphatic carbocycles. The third-order valence-corrected chi connectivity index (χ3v) is 3.92. The fourth-order valence-corrected chi connectivity index (χ4v) is 2.61. The molecule has 0 unspecified atom stereocenters. The predicted octanol–water partition coefficient (Wildman–Crippen LogP) is 0.690. The van der Waals surface area contributed by atoms with Gasteiger partial charge in [0, 0.05) is 31.5 Å². The van der Waals surface area contributed by atoms with Gasteiger partial charge in [-0.2, -0.15) is 0 Å². The van der Waals surface area contributed by atoms with Gasteiger partial charge < -0.3 is 14.9 Å². The van der Waals surface area contributed by atoms with E-state index in [1.54, 1.807) is 0 Å². The lowest BCUT2D eigenvalue weighted by Gasteiger charge is -2.53. The first-order valence-corrected chi connectivity index (χ1v) is 5.13. The molecule has 76 valence electrons. The number of aliphatic hydroxyl groups is 2. The highest BCUT2D eigenvalue weighted by Crippen LogP contribution is 2.52. The molecular formula is C10H18O3. The summed E-state index contributed by atoms with van der Waals surface area (Å²) in [5, 5.41) is 19.8. The molecule has 2 fully saturated rings. The molecule has 13 heavy (non-hydrogen) atoms. The molecule has 2 rings (SSSR count). The van der Waals surface area contributed by atoms with E-state index in [4.69, 9.17) is 4.74 Å². The van der Waals surface area contributed by atoms with Crippen LogP contribution in [-0.2, 0) is 4.74 Å². The van der Waals surface area contributed by atoms with Crippen molar-refractivity contribution in [2.45, 2.75) is 37.7 Å². The molecule has 2 N–H and O–H groups in total. The Balaban J connectivity index is 2.10. The minimum atomic E-state index is -0.655. The molecule has 0 aromatic carbocycles. The van der Waals surface area contributed by atoms with Crippen molar-refractivity contribution >= 4 is 0 Å². The van der Waals surface area contributed by atoms with Gasteiger partial charge in [0.05, 0.1) is 12.2 Å². The Morgan fingerprint density at radius 2 is 1.69 bits per heavy atom. The maximum Gasteiger partial charge on any atom is 0.0769 e. The normalized spacial score (nSPS) is 30.9. The van der Waals surface area contributed by atoms with Crippen LogP contribution in [-0.4, -0.2) is 35.6 Å². The van der Waals surface area contributed by atoms with E-state index in [9.17, 15) is 10.2 Å². The van der Waals surface area contributed by atoms with Crippen molar-refractivity contribution in [3.8, 4) is 0 Å². The first-order valence-electron chi connectivity index (χ1n) is 5.13. The van der Waals surface area contributed by atoms with E-state index < -0.39 is 5.60 Å². The van der Waals surface area contributed by atoms with E-state index in [0.29, 0.717) is 26.1 Å². The van der Waals surface area contributed by atoms with Crippen LogP contribution in [0.15, 0.2) is 0 Å². The molecule has 0 radical (unpaired) electrons. The molecule has 2 aliphatic rings. The summed E-state index contributed by atoms with van der Waals surface area (Å²) in [5.41, 5.74) is -0.852. The van der Waals surface area contributed by atoms with Crippen LogP contribution in [0, 0.1) is 5.41 Å². The van der Waals surface area contributed by atoms with Crippen LogP contribution in [0.4, 0.5) is 0 Å². The molecule has 1 heterocycles. The highest BCUT2D eigenvalue weighted by atomic mass is 16.5. The lowest BCUT2D eigenvalue weighted by Crippen LogP contribution is -2.57. The Labute approximate surface area is 78.7 Å². The molecule has 0 aromatic rings. The van der Waals surface area contributed by atoms with Crippen molar-refractivity contribution in [2.24, 2.45) is 5.41 Å². The number of hydrogen-bond acceptors (Lipinski definition) is 3. The first-order chi connectivity index (χ1) is 6.22. The van der Waals surface area contributed by atoms with E-state index >= 15 is 0 Å². The molecule has 0 aromatic heterocycles. The summed E-state index contributed by atoms with van der Waals surface area (Å²) < 4.78 is 5.23. The van der Waals surface area contributed by atoms with Gasteiger partial charge in [-0.25, -0.2) is 0 Å². The van der Waals surface area contributed by atoms with Gasteiger partial charge in [-0.1, -0.05) is 6.42 Å². The van der Waals surface area contributed by atoms with Gasteiger partial charge in [0.25, 0.3) is 0 Å². The largest absolute Gasteiger partial charge is 0.396 e. The Hall–Kier alpha value is -0.120. The summed E-state index contributed by atoms with van der Waals surface area (Å²) >= 11 is 0. The molecule has 1 saturated heterocycles. The zero-order valence-electron chi connectivity index (χ0n) is 7.96. The number of rotatable bonds is 2. The van der Waals surface area contributed by atoms with Crippen molar-refractivity contribution in [1.29, 1.82) is 0 Å². The minimum absolute atomic E-state index is 0.128. The average molecular weight is 186 g/mol. The highest BCUT2D eigenvalue weighted by molar-refractivity contribution is 5.04. The predicted molar refractivity (Wildman–Crippen MR) is 48.4 cm³/mol. The van der Waals surface area contributed by atoms with Crippen molar-refractivity contribution in [3.63, 3.8) is 0 Å². The molecule has 0 bridgehead atoms. The van der Waals surface area contributed by atoms with Crippen molar-refractivity contribution in [3.05, 3.63) is 0 Å².